The van der Waals surface area contributed by atoms with E-state index < -0.39 is 11.4 Å². The maximum atomic E-state index is 11.3. The fraction of sp³-hybridized carbons (Fsp3) is 0.188. The minimum atomic E-state index is -0.909. The summed E-state index contributed by atoms with van der Waals surface area (Å²) >= 11 is 0. The molecule has 0 aliphatic carbocycles. The van der Waals surface area contributed by atoms with Crippen LogP contribution >= 0.6 is 0 Å². The Bertz CT molecular complexity index is 804. The third-order valence-electron chi connectivity index (χ3n) is 3.71. The quantitative estimate of drug-likeness (QED) is 0.801. The van der Waals surface area contributed by atoms with Crippen LogP contribution in [0.25, 0.3) is 16.9 Å². The molecule has 0 spiro atoms. The SMILES string of the molecule is CC(C)(C(=O)O)c1ccc(-n2cnc3cccnc32)cc1. The van der Waals surface area contributed by atoms with Gasteiger partial charge in [-0.25, -0.2) is 9.97 Å². The third kappa shape index (κ3) is 2.16. The van der Waals surface area contributed by atoms with Crippen LogP contribution in [0.2, 0.25) is 0 Å². The lowest BCUT2D eigenvalue weighted by Gasteiger charge is -2.19. The molecule has 0 saturated heterocycles. The first-order chi connectivity index (χ1) is 10.00. The van der Waals surface area contributed by atoms with Crippen LogP contribution in [0.4, 0.5) is 0 Å². The van der Waals surface area contributed by atoms with E-state index in [1.54, 1.807) is 26.4 Å². The fourth-order valence-electron chi connectivity index (χ4n) is 2.20. The molecule has 2 aromatic heterocycles. The van der Waals surface area contributed by atoms with Crippen LogP contribution < -0.4 is 0 Å². The molecule has 3 aromatic rings. The van der Waals surface area contributed by atoms with Gasteiger partial charge in [0.25, 0.3) is 0 Å². The number of rotatable bonds is 3. The summed E-state index contributed by atoms with van der Waals surface area (Å²) in [6.45, 7) is 3.39. The van der Waals surface area contributed by atoms with Gasteiger partial charge >= 0.3 is 5.97 Å². The zero-order valence-corrected chi connectivity index (χ0v) is 11.8. The number of benzene rings is 1. The van der Waals surface area contributed by atoms with Gasteiger partial charge in [-0.1, -0.05) is 12.1 Å². The average molecular weight is 281 g/mol. The summed E-state index contributed by atoms with van der Waals surface area (Å²) in [4.78, 5) is 19.9. The van der Waals surface area contributed by atoms with Crippen molar-refractivity contribution in [2.75, 3.05) is 0 Å². The molecular formula is C16H15N3O2. The van der Waals surface area contributed by atoms with E-state index in [0.29, 0.717) is 0 Å². The number of pyridine rings is 1. The molecule has 5 nitrogen and oxygen atoms in total. The van der Waals surface area contributed by atoms with Gasteiger partial charge in [0.05, 0.1) is 5.41 Å². The van der Waals surface area contributed by atoms with Crippen LogP contribution in [0.5, 0.6) is 0 Å². The summed E-state index contributed by atoms with van der Waals surface area (Å²) in [7, 11) is 0. The number of aliphatic carboxylic acids is 1. The number of fused-ring (bicyclic) bond motifs is 1. The first kappa shape index (κ1) is 13.3. The number of aromatic nitrogens is 3. The predicted octanol–water partition coefficient (Wildman–Crippen LogP) is 2.78. The highest BCUT2D eigenvalue weighted by molar-refractivity contribution is 5.80. The Labute approximate surface area is 121 Å². The molecule has 1 N–H and O–H groups in total. The third-order valence-corrected chi connectivity index (χ3v) is 3.71. The van der Waals surface area contributed by atoms with Crippen molar-refractivity contribution in [3.8, 4) is 5.69 Å². The molecule has 0 aliphatic heterocycles. The molecule has 1 aromatic carbocycles. The second-order valence-electron chi connectivity index (χ2n) is 5.44. The van der Waals surface area contributed by atoms with E-state index in [2.05, 4.69) is 9.97 Å². The molecule has 0 saturated carbocycles. The smallest absolute Gasteiger partial charge is 0.313 e. The first-order valence-electron chi connectivity index (χ1n) is 6.62. The van der Waals surface area contributed by atoms with Crippen LogP contribution in [-0.2, 0) is 10.2 Å². The van der Waals surface area contributed by atoms with Crippen LogP contribution in [0.3, 0.4) is 0 Å². The molecular weight excluding hydrogens is 266 g/mol. The van der Waals surface area contributed by atoms with Gasteiger partial charge in [0, 0.05) is 11.9 Å². The zero-order chi connectivity index (χ0) is 15.0. The lowest BCUT2D eigenvalue weighted by atomic mass is 9.85. The number of nitrogens with zero attached hydrogens (tertiary/aromatic N) is 3. The summed E-state index contributed by atoms with van der Waals surface area (Å²) < 4.78 is 1.88. The first-order valence-corrected chi connectivity index (χ1v) is 6.62. The van der Waals surface area contributed by atoms with E-state index in [1.165, 1.54) is 0 Å². The summed E-state index contributed by atoms with van der Waals surface area (Å²) in [6, 6.07) is 11.2. The van der Waals surface area contributed by atoms with Gasteiger partial charge < -0.3 is 5.11 Å². The van der Waals surface area contributed by atoms with Gasteiger partial charge in [-0.3, -0.25) is 9.36 Å². The Balaban J connectivity index is 2.04. The molecule has 0 atom stereocenters. The number of carbonyl (C=O) groups is 1. The number of hydrogen-bond donors (Lipinski definition) is 1. The summed E-state index contributed by atoms with van der Waals surface area (Å²) in [6.07, 6.45) is 3.44. The maximum absolute atomic E-state index is 11.3. The second kappa shape index (κ2) is 4.70. The van der Waals surface area contributed by atoms with Gasteiger partial charge in [-0.15, -0.1) is 0 Å². The van der Waals surface area contributed by atoms with Gasteiger partial charge in [-0.2, -0.15) is 0 Å². The number of carboxylic acid groups (broad SMARTS) is 1. The molecule has 2 heterocycles. The Morgan fingerprint density at radius 1 is 1.14 bits per heavy atom. The van der Waals surface area contributed by atoms with Gasteiger partial charge in [0.1, 0.15) is 11.8 Å². The lowest BCUT2D eigenvalue weighted by Crippen LogP contribution is -2.28. The van der Waals surface area contributed by atoms with Crippen molar-refractivity contribution in [3.63, 3.8) is 0 Å². The van der Waals surface area contributed by atoms with Crippen molar-refractivity contribution in [2.24, 2.45) is 0 Å². The molecule has 0 bridgehead atoms. The predicted molar refractivity (Wildman–Crippen MR) is 79.5 cm³/mol. The van der Waals surface area contributed by atoms with Crippen molar-refractivity contribution in [1.29, 1.82) is 0 Å². The summed E-state index contributed by atoms with van der Waals surface area (Å²) in [5.41, 5.74) is 2.36. The van der Waals surface area contributed by atoms with E-state index in [-0.39, 0.29) is 0 Å². The zero-order valence-electron chi connectivity index (χ0n) is 11.8. The topological polar surface area (TPSA) is 68.0 Å². The minimum absolute atomic E-state index is 0.760. The average Bonchev–Trinajstić information content (AvgIpc) is 2.91. The van der Waals surface area contributed by atoms with Crippen molar-refractivity contribution >= 4 is 17.1 Å². The molecule has 21 heavy (non-hydrogen) atoms. The van der Waals surface area contributed by atoms with E-state index >= 15 is 0 Å². The lowest BCUT2D eigenvalue weighted by molar-refractivity contribution is -0.142. The monoisotopic (exact) mass is 281 g/mol. The van der Waals surface area contributed by atoms with E-state index in [9.17, 15) is 9.90 Å². The molecule has 0 radical (unpaired) electrons. The van der Waals surface area contributed by atoms with E-state index in [1.807, 2.05) is 41.0 Å². The normalized spacial score (nSPS) is 11.7. The van der Waals surface area contributed by atoms with Crippen LogP contribution in [0.15, 0.2) is 48.9 Å². The van der Waals surface area contributed by atoms with Crippen LogP contribution in [-0.4, -0.2) is 25.6 Å². The highest BCUT2D eigenvalue weighted by Crippen LogP contribution is 2.25. The van der Waals surface area contributed by atoms with Gasteiger partial charge in [-0.05, 0) is 43.7 Å². The van der Waals surface area contributed by atoms with Crippen LogP contribution in [0.1, 0.15) is 19.4 Å². The molecule has 3 rings (SSSR count). The Morgan fingerprint density at radius 2 is 1.86 bits per heavy atom. The molecule has 0 unspecified atom stereocenters. The van der Waals surface area contributed by atoms with Gasteiger partial charge in [0.2, 0.25) is 0 Å². The molecule has 0 aliphatic rings. The summed E-state index contributed by atoms with van der Waals surface area (Å²) in [5, 5.41) is 9.26. The van der Waals surface area contributed by atoms with E-state index in [0.717, 1.165) is 22.4 Å². The Hall–Kier alpha value is -2.69. The highest BCUT2D eigenvalue weighted by atomic mass is 16.4. The maximum Gasteiger partial charge on any atom is 0.313 e. The van der Waals surface area contributed by atoms with E-state index in [4.69, 9.17) is 0 Å². The molecule has 5 heteroatoms. The standard InChI is InChI=1S/C16H15N3O2/c1-16(2,15(20)21)11-5-7-12(8-6-11)19-10-18-13-4-3-9-17-14(13)19/h3-10H,1-2H3,(H,20,21). The number of imidazole rings is 1. The van der Waals surface area contributed by atoms with Crippen molar-refractivity contribution in [3.05, 3.63) is 54.5 Å². The van der Waals surface area contributed by atoms with Gasteiger partial charge in [0.15, 0.2) is 5.65 Å². The van der Waals surface area contributed by atoms with Crippen LogP contribution in [0, 0.1) is 0 Å². The Kier molecular flexibility index (Phi) is 2.97. The number of hydrogen-bond acceptors (Lipinski definition) is 3. The second-order valence-corrected chi connectivity index (χ2v) is 5.44. The highest BCUT2D eigenvalue weighted by Gasteiger charge is 2.29. The molecule has 0 amide bonds. The van der Waals surface area contributed by atoms with Crippen molar-refractivity contribution < 1.29 is 9.90 Å². The van der Waals surface area contributed by atoms with Crippen molar-refractivity contribution in [1.82, 2.24) is 14.5 Å². The molecule has 106 valence electrons. The van der Waals surface area contributed by atoms with Crippen molar-refractivity contribution in [2.45, 2.75) is 19.3 Å². The molecule has 0 fully saturated rings. The summed E-state index contributed by atoms with van der Waals surface area (Å²) in [5.74, 6) is -0.843. The fourth-order valence-corrected chi connectivity index (χ4v) is 2.20. The largest absolute Gasteiger partial charge is 0.481 e. The minimum Gasteiger partial charge on any atom is -0.481 e. The number of carboxylic acids is 1. The Morgan fingerprint density at radius 3 is 2.52 bits per heavy atom.